The highest BCUT2D eigenvalue weighted by Gasteiger charge is 2.44. The van der Waals surface area contributed by atoms with Gasteiger partial charge in [0.1, 0.15) is 0 Å². The van der Waals surface area contributed by atoms with Gasteiger partial charge in [0.05, 0.1) is 33.7 Å². The molecule has 14 heavy (non-hydrogen) atoms. The summed E-state index contributed by atoms with van der Waals surface area (Å²) in [6.45, 7) is 5.21. The van der Waals surface area contributed by atoms with Gasteiger partial charge >= 0.3 is 5.91 Å². The van der Waals surface area contributed by atoms with Crippen LogP contribution in [0.3, 0.4) is 0 Å². The minimum absolute atomic E-state index is 0.0671. The Labute approximate surface area is 86.2 Å². The van der Waals surface area contributed by atoms with Crippen molar-refractivity contribution in [3.05, 3.63) is 0 Å². The van der Waals surface area contributed by atoms with Crippen LogP contribution in [0, 0.1) is 0 Å². The molecule has 0 aromatic carbocycles. The van der Waals surface area contributed by atoms with Gasteiger partial charge in [-0.25, -0.2) is 0 Å². The Hall–Kier alpha value is -0.610. The molecule has 1 aliphatic heterocycles. The molecule has 2 atom stereocenters. The van der Waals surface area contributed by atoms with E-state index in [1.54, 1.807) is 0 Å². The van der Waals surface area contributed by atoms with Crippen molar-refractivity contribution in [1.29, 1.82) is 0 Å². The van der Waals surface area contributed by atoms with Crippen LogP contribution in [0.4, 0.5) is 0 Å². The Kier molecular flexibility index (Phi) is 3.50. The fourth-order valence-electron chi connectivity index (χ4n) is 2.59. The van der Waals surface area contributed by atoms with E-state index in [1.165, 1.54) is 17.7 Å². The Morgan fingerprint density at radius 2 is 2.00 bits per heavy atom. The van der Waals surface area contributed by atoms with Crippen LogP contribution in [-0.4, -0.2) is 50.3 Å². The monoisotopic (exact) mass is 201 g/mol. The van der Waals surface area contributed by atoms with Gasteiger partial charge < -0.3 is 5.73 Å². The molecule has 1 amide bonds. The topological polar surface area (TPSA) is 47.5 Å². The number of primary amides is 1. The van der Waals surface area contributed by atoms with Crippen LogP contribution < -0.4 is 10.6 Å². The molecule has 1 saturated heterocycles. The van der Waals surface area contributed by atoms with Crippen LogP contribution in [0.2, 0.25) is 0 Å². The number of likely N-dealkylation sites (tertiary alicyclic amines) is 1. The van der Waals surface area contributed by atoms with E-state index >= 15 is 0 Å². The lowest BCUT2D eigenvalue weighted by Gasteiger charge is -2.37. The summed E-state index contributed by atoms with van der Waals surface area (Å²) in [4.78, 5) is 12.7. The fraction of sp³-hybridized carbons (Fsp3) is 0.900. The van der Waals surface area contributed by atoms with Crippen molar-refractivity contribution in [2.45, 2.75) is 25.9 Å². The van der Waals surface area contributed by atoms with E-state index in [4.69, 9.17) is 5.73 Å². The van der Waals surface area contributed by atoms with E-state index in [-0.39, 0.29) is 12.1 Å². The fourth-order valence-corrected chi connectivity index (χ4v) is 2.59. The van der Waals surface area contributed by atoms with E-state index in [0.29, 0.717) is 0 Å². The molecule has 0 radical (unpaired) electrons. The molecule has 1 rings (SSSR count). The van der Waals surface area contributed by atoms with Gasteiger partial charge in [0.2, 0.25) is 0 Å². The van der Waals surface area contributed by atoms with Gasteiger partial charge in [-0.05, 0) is 6.92 Å². The summed E-state index contributed by atoms with van der Waals surface area (Å²) in [6, 6.07) is 0. The van der Waals surface area contributed by atoms with E-state index in [2.05, 4.69) is 21.0 Å². The van der Waals surface area contributed by atoms with Crippen molar-refractivity contribution in [3.8, 4) is 0 Å². The number of quaternary nitrogens is 2. The third kappa shape index (κ3) is 2.07. The van der Waals surface area contributed by atoms with Gasteiger partial charge in [0.25, 0.3) is 6.17 Å². The molecule has 0 spiro atoms. The largest absolute Gasteiger partial charge is 0.359 e. The average molecular weight is 201 g/mol. The van der Waals surface area contributed by atoms with Crippen LogP contribution in [0.1, 0.15) is 19.8 Å². The molecule has 82 valence electrons. The van der Waals surface area contributed by atoms with Gasteiger partial charge in [0, 0.05) is 12.8 Å². The van der Waals surface area contributed by atoms with Gasteiger partial charge in [-0.2, -0.15) is 0 Å². The number of nitrogens with two attached hydrogens (primary N) is 1. The molecule has 0 aromatic rings. The van der Waals surface area contributed by atoms with Crippen molar-refractivity contribution < 1.29 is 14.2 Å². The lowest BCUT2D eigenvalue weighted by Crippen LogP contribution is -3.17. The quantitative estimate of drug-likeness (QED) is 0.539. The highest BCUT2D eigenvalue weighted by molar-refractivity contribution is 5.76. The molecule has 0 saturated carbocycles. The molecular weight excluding hydrogens is 178 g/mol. The predicted molar refractivity (Wildman–Crippen MR) is 55.6 cm³/mol. The molecule has 1 fully saturated rings. The number of likely N-dealkylation sites (N-methyl/N-ethyl adjacent to an activating group) is 2. The summed E-state index contributed by atoms with van der Waals surface area (Å²) in [7, 11) is 4.21. The van der Waals surface area contributed by atoms with Crippen LogP contribution in [0.25, 0.3) is 0 Å². The number of carbonyl (C=O) groups excluding carboxylic acids is 1. The number of amides is 1. The number of hydrogen-bond donors (Lipinski definition) is 2. The predicted octanol–water partition coefficient (Wildman–Crippen LogP) is -1.43. The third-order valence-corrected chi connectivity index (χ3v) is 3.51. The van der Waals surface area contributed by atoms with E-state index in [9.17, 15) is 4.79 Å². The van der Waals surface area contributed by atoms with Crippen molar-refractivity contribution in [2.75, 3.05) is 33.7 Å². The second-order valence-electron chi connectivity index (χ2n) is 4.64. The summed E-state index contributed by atoms with van der Waals surface area (Å²) in [6.07, 6.45) is 2.37. The zero-order valence-electron chi connectivity index (χ0n) is 9.55. The van der Waals surface area contributed by atoms with E-state index in [1.807, 2.05) is 0 Å². The molecule has 0 bridgehead atoms. The van der Waals surface area contributed by atoms with Gasteiger partial charge in [0.15, 0.2) is 0 Å². The number of rotatable bonds is 4. The summed E-state index contributed by atoms with van der Waals surface area (Å²) in [5.74, 6) is -0.159. The average Bonchev–Trinajstić information content (AvgIpc) is 2.51. The highest BCUT2D eigenvalue weighted by atomic mass is 16.2. The van der Waals surface area contributed by atoms with Gasteiger partial charge in [-0.1, -0.05) is 0 Å². The molecule has 1 aliphatic rings. The van der Waals surface area contributed by atoms with Crippen LogP contribution in [-0.2, 0) is 4.79 Å². The lowest BCUT2D eigenvalue weighted by atomic mass is 10.3. The SMILES string of the molecule is CC[NH+](C)C(C(N)=O)[N+]1(C)CCCC1. The number of carbonyl (C=O) groups is 1. The first kappa shape index (κ1) is 11.5. The Bertz CT molecular complexity index is 211. The number of nitrogens with one attached hydrogen (secondary N) is 1. The molecular formula is C10H23N3O+2. The van der Waals surface area contributed by atoms with Crippen molar-refractivity contribution in [3.63, 3.8) is 0 Å². The Balaban J connectivity index is 2.81. The van der Waals surface area contributed by atoms with Gasteiger partial charge in [-0.3, -0.25) is 14.2 Å². The lowest BCUT2D eigenvalue weighted by molar-refractivity contribution is -1.09. The van der Waals surface area contributed by atoms with Crippen molar-refractivity contribution in [2.24, 2.45) is 5.73 Å². The van der Waals surface area contributed by atoms with Crippen LogP contribution in [0.5, 0.6) is 0 Å². The molecule has 3 N–H and O–H groups in total. The minimum Gasteiger partial charge on any atom is -0.359 e. The van der Waals surface area contributed by atoms with Gasteiger partial charge in [-0.15, -0.1) is 0 Å². The number of hydrogen-bond acceptors (Lipinski definition) is 1. The molecule has 2 unspecified atom stereocenters. The maximum Gasteiger partial charge on any atom is 0.335 e. The maximum absolute atomic E-state index is 11.5. The first-order valence-corrected chi connectivity index (χ1v) is 5.47. The maximum atomic E-state index is 11.5. The van der Waals surface area contributed by atoms with E-state index in [0.717, 1.165) is 24.1 Å². The zero-order valence-corrected chi connectivity index (χ0v) is 9.55. The third-order valence-electron chi connectivity index (χ3n) is 3.51. The minimum atomic E-state index is -0.159. The van der Waals surface area contributed by atoms with Crippen LogP contribution >= 0.6 is 0 Å². The summed E-state index contributed by atoms with van der Waals surface area (Å²) < 4.78 is 0.828. The Morgan fingerprint density at radius 3 is 2.36 bits per heavy atom. The molecule has 0 aromatic heterocycles. The molecule has 4 nitrogen and oxygen atoms in total. The Morgan fingerprint density at radius 1 is 1.50 bits per heavy atom. The smallest absolute Gasteiger partial charge is 0.335 e. The molecule has 1 heterocycles. The normalized spacial score (nSPS) is 24.5. The summed E-state index contributed by atoms with van der Waals surface area (Å²) in [5, 5.41) is 0. The standard InChI is InChI=1S/C10H21N3O/c1-4-12(2)10(9(11)14)13(3)7-5-6-8-13/h10H,4-8H2,1-3H3,(H-,11,14)/p+2. The van der Waals surface area contributed by atoms with Crippen molar-refractivity contribution in [1.82, 2.24) is 0 Å². The van der Waals surface area contributed by atoms with Crippen LogP contribution in [0.15, 0.2) is 0 Å². The van der Waals surface area contributed by atoms with E-state index < -0.39 is 0 Å². The second kappa shape index (κ2) is 4.28. The summed E-state index contributed by atoms with van der Waals surface area (Å²) >= 11 is 0. The van der Waals surface area contributed by atoms with Crippen molar-refractivity contribution >= 4 is 5.91 Å². The first-order chi connectivity index (χ1) is 6.51. The molecule has 0 aliphatic carbocycles. The second-order valence-corrected chi connectivity index (χ2v) is 4.64. The molecule has 4 heteroatoms. The number of nitrogens with zero attached hydrogens (tertiary/aromatic N) is 1. The first-order valence-electron chi connectivity index (χ1n) is 5.47. The summed E-state index contributed by atoms with van der Waals surface area (Å²) in [5.41, 5.74) is 5.50. The highest BCUT2D eigenvalue weighted by Crippen LogP contribution is 2.17. The zero-order chi connectivity index (χ0) is 10.8.